The van der Waals surface area contributed by atoms with Crippen LogP contribution in [0.4, 0.5) is 0 Å². The average molecular weight is 377 g/mol. The van der Waals surface area contributed by atoms with Gasteiger partial charge in [-0.05, 0) is 30.0 Å². The monoisotopic (exact) mass is 377 g/mol. The van der Waals surface area contributed by atoms with E-state index >= 15 is 0 Å². The molecule has 1 amide bonds. The first-order chi connectivity index (χ1) is 13.5. The molecular formula is C23H23NO4. The fourth-order valence-corrected chi connectivity index (χ4v) is 4.21. The van der Waals surface area contributed by atoms with Gasteiger partial charge in [-0.2, -0.15) is 0 Å². The summed E-state index contributed by atoms with van der Waals surface area (Å²) in [5, 5.41) is 9.89. The van der Waals surface area contributed by atoms with Gasteiger partial charge in [0.25, 0.3) is 0 Å². The molecule has 1 fully saturated rings. The Bertz CT molecular complexity index is 867. The van der Waals surface area contributed by atoms with Crippen molar-refractivity contribution in [1.29, 1.82) is 0 Å². The molecule has 2 aromatic rings. The Morgan fingerprint density at radius 1 is 1.04 bits per heavy atom. The minimum atomic E-state index is -0.735. The zero-order chi connectivity index (χ0) is 19.8. The standard InChI is InChI=1S/C23H23NO4/c1-14-13-18(24-20(14)19(15(2)25)22(24)26)23(27)28-21(16-9-5-3-6-10-16)17-11-7-4-8-12-17/h3-15,19-21,25H,1-2H3/t14?,15-,19?,20-/m1/s1. The minimum absolute atomic E-state index is 0.00764. The van der Waals surface area contributed by atoms with Crippen molar-refractivity contribution in [2.45, 2.75) is 32.1 Å². The van der Waals surface area contributed by atoms with Gasteiger partial charge in [-0.1, -0.05) is 67.6 Å². The van der Waals surface area contributed by atoms with E-state index in [2.05, 4.69) is 0 Å². The lowest BCUT2D eigenvalue weighted by molar-refractivity contribution is -0.165. The number of hydrogen-bond acceptors (Lipinski definition) is 4. The molecule has 0 aliphatic carbocycles. The third-order valence-corrected chi connectivity index (χ3v) is 5.57. The molecule has 2 aliphatic heterocycles. The highest BCUT2D eigenvalue weighted by atomic mass is 16.5. The highest BCUT2D eigenvalue weighted by molar-refractivity contribution is 6.00. The molecule has 2 aliphatic rings. The molecule has 2 aromatic carbocycles. The first-order valence-corrected chi connectivity index (χ1v) is 9.53. The second-order valence-corrected chi connectivity index (χ2v) is 7.48. The first kappa shape index (κ1) is 18.4. The third-order valence-electron chi connectivity index (χ3n) is 5.57. The van der Waals surface area contributed by atoms with Crippen LogP contribution >= 0.6 is 0 Å². The molecular weight excluding hydrogens is 354 g/mol. The van der Waals surface area contributed by atoms with Crippen LogP contribution in [0.3, 0.4) is 0 Å². The van der Waals surface area contributed by atoms with Crippen molar-refractivity contribution in [1.82, 2.24) is 4.90 Å². The Labute approximate surface area is 164 Å². The van der Waals surface area contributed by atoms with Crippen LogP contribution in [0, 0.1) is 11.8 Å². The number of fused-ring (bicyclic) bond motifs is 1. The molecule has 0 saturated carbocycles. The van der Waals surface area contributed by atoms with E-state index in [4.69, 9.17) is 4.74 Å². The van der Waals surface area contributed by atoms with Crippen LogP contribution in [-0.2, 0) is 14.3 Å². The molecule has 5 heteroatoms. The van der Waals surface area contributed by atoms with E-state index in [1.54, 1.807) is 13.0 Å². The Morgan fingerprint density at radius 2 is 1.57 bits per heavy atom. The van der Waals surface area contributed by atoms with Crippen LogP contribution in [0.5, 0.6) is 0 Å². The number of aliphatic hydroxyl groups excluding tert-OH is 1. The molecule has 5 nitrogen and oxygen atoms in total. The summed E-state index contributed by atoms with van der Waals surface area (Å²) in [6.45, 7) is 3.56. The summed E-state index contributed by atoms with van der Waals surface area (Å²) in [6, 6.07) is 18.9. The quantitative estimate of drug-likeness (QED) is 0.642. The smallest absolute Gasteiger partial charge is 0.355 e. The molecule has 0 radical (unpaired) electrons. The molecule has 4 atom stereocenters. The summed E-state index contributed by atoms with van der Waals surface area (Å²) >= 11 is 0. The van der Waals surface area contributed by atoms with Crippen molar-refractivity contribution in [2.75, 3.05) is 0 Å². The fourth-order valence-electron chi connectivity index (χ4n) is 4.21. The van der Waals surface area contributed by atoms with Crippen molar-refractivity contribution in [2.24, 2.45) is 11.8 Å². The van der Waals surface area contributed by atoms with Crippen LogP contribution in [0.25, 0.3) is 0 Å². The number of benzene rings is 2. The van der Waals surface area contributed by atoms with Crippen LogP contribution in [-0.4, -0.2) is 34.0 Å². The highest BCUT2D eigenvalue weighted by Gasteiger charge is 2.57. The van der Waals surface area contributed by atoms with E-state index in [-0.39, 0.29) is 23.6 Å². The van der Waals surface area contributed by atoms with Crippen LogP contribution < -0.4 is 0 Å². The zero-order valence-electron chi connectivity index (χ0n) is 15.9. The maximum atomic E-state index is 13.0. The summed E-state index contributed by atoms with van der Waals surface area (Å²) in [7, 11) is 0. The van der Waals surface area contributed by atoms with Crippen molar-refractivity contribution in [3.8, 4) is 0 Å². The maximum absolute atomic E-state index is 13.0. The number of carbonyl (C=O) groups excluding carboxylic acids is 2. The van der Waals surface area contributed by atoms with Crippen LogP contribution in [0.2, 0.25) is 0 Å². The van der Waals surface area contributed by atoms with Gasteiger partial charge in [-0.3, -0.25) is 4.79 Å². The number of hydrogen-bond donors (Lipinski definition) is 1. The van der Waals surface area contributed by atoms with Gasteiger partial charge in [-0.15, -0.1) is 0 Å². The largest absolute Gasteiger partial charge is 0.448 e. The molecule has 0 aromatic heterocycles. The number of carbonyl (C=O) groups is 2. The Hall–Kier alpha value is -2.92. The fraction of sp³-hybridized carbons (Fsp3) is 0.304. The van der Waals surface area contributed by atoms with Crippen LogP contribution in [0.1, 0.15) is 31.1 Å². The van der Waals surface area contributed by atoms with Crippen LogP contribution in [0.15, 0.2) is 72.4 Å². The summed E-state index contributed by atoms with van der Waals surface area (Å²) in [6.07, 6.45) is 0.482. The molecule has 144 valence electrons. The lowest BCUT2D eigenvalue weighted by Crippen LogP contribution is -2.63. The van der Waals surface area contributed by atoms with Gasteiger partial charge >= 0.3 is 5.97 Å². The molecule has 28 heavy (non-hydrogen) atoms. The second-order valence-electron chi connectivity index (χ2n) is 7.48. The zero-order valence-corrected chi connectivity index (χ0v) is 15.9. The van der Waals surface area contributed by atoms with Gasteiger partial charge in [0.05, 0.1) is 18.1 Å². The topological polar surface area (TPSA) is 66.8 Å². The SMILES string of the molecule is CC1C=C(C(=O)OC(c2ccccc2)c2ccccc2)N2C(=O)C([C@@H](C)O)[C@@H]12. The van der Waals surface area contributed by atoms with Crippen molar-refractivity contribution >= 4 is 11.9 Å². The van der Waals surface area contributed by atoms with Gasteiger partial charge < -0.3 is 14.7 Å². The highest BCUT2D eigenvalue weighted by Crippen LogP contribution is 2.44. The predicted octanol–water partition coefficient (Wildman–Crippen LogP) is 3.06. The molecule has 1 saturated heterocycles. The maximum Gasteiger partial charge on any atom is 0.355 e. The van der Waals surface area contributed by atoms with Crippen molar-refractivity contribution < 1.29 is 19.4 Å². The Morgan fingerprint density at radius 3 is 2.07 bits per heavy atom. The van der Waals surface area contributed by atoms with E-state index in [9.17, 15) is 14.7 Å². The van der Waals surface area contributed by atoms with Crippen molar-refractivity contribution in [3.05, 3.63) is 83.6 Å². The van der Waals surface area contributed by atoms with E-state index in [1.807, 2.05) is 67.6 Å². The van der Waals surface area contributed by atoms with E-state index < -0.39 is 24.1 Å². The van der Waals surface area contributed by atoms with Gasteiger partial charge in [-0.25, -0.2) is 4.79 Å². The Kier molecular flexibility index (Phi) is 4.77. The molecule has 4 rings (SSSR count). The van der Waals surface area contributed by atoms with Gasteiger partial charge in [0, 0.05) is 0 Å². The lowest BCUT2D eigenvalue weighted by atomic mass is 9.79. The number of ether oxygens (including phenoxy) is 1. The second kappa shape index (κ2) is 7.24. The van der Waals surface area contributed by atoms with Gasteiger partial charge in [0.15, 0.2) is 6.10 Å². The normalized spacial score (nSPS) is 24.4. The number of aliphatic hydroxyl groups is 1. The van der Waals surface area contributed by atoms with Gasteiger partial charge in [0.1, 0.15) is 5.70 Å². The van der Waals surface area contributed by atoms with Gasteiger partial charge in [0.2, 0.25) is 5.91 Å². The number of β-lactam (4-membered cyclic amide) rings is 1. The summed E-state index contributed by atoms with van der Waals surface area (Å²) < 4.78 is 5.89. The minimum Gasteiger partial charge on any atom is -0.448 e. The molecule has 2 heterocycles. The van der Waals surface area contributed by atoms with E-state index in [0.717, 1.165) is 11.1 Å². The van der Waals surface area contributed by atoms with E-state index in [1.165, 1.54) is 4.90 Å². The molecule has 2 unspecified atom stereocenters. The van der Waals surface area contributed by atoms with Crippen molar-refractivity contribution in [3.63, 3.8) is 0 Å². The number of amides is 1. The lowest BCUT2D eigenvalue weighted by Gasteiger charge is -2.46. The summed E-state index contributed by atoms with van der Waals surface area (Å²) in [4.78, 5) is 27.0. The number of esters is 1. The summed E-state index contributed by atoms with van der Waals surface area (Å²) in [5.74, 6) is -1.21. The summed E-state index contributed by atoms with van der Waals surface area (Å²) in [5.41, 5.74) is 2.00. The first-order valence-electron chi connectivity index (χ1n) is 9.53. The predicted molar refractivity (Wildman–Crippen MR) is 104 cm³/mol. The molecule has 0 spiro atoms. The molecule has 0 bridgehead atoms. The number of nitrogens with zero attached hydrogens (tertiary/aromatic N) is 1. The average Bonchev–Trinajstić information content (AvgIpc) is 2.99. The molecule has 1 N–H and O–H groups in total. The third kappa shape index (κ3) is 3.02. The Balaban J connectivity index is 1.59. The number of rotatable bonds is 5. The van der Waals surface area contributed by atoms with E-state index in [0.29, 0.717) is 0 Å².